The monoisotopic (exact) mass is 379 g/mol. The number of fused-ring (bicyclic) bond motifs is 1. The van der Waals surface area contributed by atoms with Crippen LogP contribution in [0.5, 0.6) is 17.2 Å². The van der Waals surface area contributed by atoms with E-state index in [9.17, 15) is 9.90 Å². The van der Waals surface area contributed by atoms with Gasteiger partial charge >= 0.3 is 0 Å². The molecule has 27 heavy (non-hydrogen) atoms. The molecule has 1 aromatic carbocycles. The number of ether oxygens (including phenoxy) is 3. The maximum atomic E-state index is 13.1. The fourth-order valence-electron chi connectivity index (χ4n) is 3.19. The second-order valence-corrected chi connectivity index (χ2v) is 6.26. The minimum absolute atomic E-state index is 0.167. The zero-order chi connectivity index (χ0) is 20.1. The third kappa shape index (κ3) is 4.17. The standard InChI is InChI=1S/C19H29N3O5/c1-7-21(8-2)10-13(23)11-22-12(3)20-16-14(19(22)24)9-15(25-4)17(26-5)18(16)27-6/h9,13,23H,7-8,10-11H2,1-6H3. The molecule has 8 heteroatoms. The molecule has 0 fully saturated rings. The molecule has 0 bridgehead atoms. The number of aliphatic hydroxyl groups excluding tert-OH is 1. The quantitative estimate of drug-likeness (QED) is 0.705. The predicted octanol–water partition coefficient (Wildman–Crippen LogP) is 1.43. The van der Waals surface area contributed by atoms with Crippen molar-refractivity contribution in [3.8, 4) is 17.2 Å². The Hall–Kier alpha value is -2.32. The number of aromatic nitrogens is 2. The maximum Gasteiger partial charge on any atom is 0.261 e. The van der Waals surface area contributed by atoms with E-state index in [1.54, 1.807) is 13.0 Å². The molecule has 2 aromatic rings. The van der Waals surface area contributed by atoms with Crippen LogP contribution >= 0.6 is 0 Å². The molecule has 0 aliphatic carbocycles. The molecule has 0 radical (unpaired) electrons. The SMILES string of the molecule is CCN(CC)CC(O)Cn1c(C)nc2c(OC)c(OC)c(OC)cc2c1=O. The number of hydrogen-bond donors (Lipinski definition) is 1. The van der Waals surface area contributed by atoms with E-state index in [0.717, 1.165) is 13.1 Å². The van der Waals surface area contributed by atoms with Crippen LogP contribution in [0.3, 0.4) is 0 Å². The Balaban J connectivity index is 2.56. The summed E-state index contributed by atoms with van der Waals surface area (Å²) < 4.78 is 17.6. The molecule has 0 spiro atoms. The largest absolute Gasteiger partial charge is 0.493 e. The van der Waals surface area contributed by atoms with Crippen LogP contribution in [0.4, 0.5) is 0 Å². The number of aliphatic hydroxyl groups is 1. The molecule has 1 unspecified atom stereocenters. The van der Waals surface area contributed by atoms with Crippen molar-refractivity contribution in [3.05, 3.63) is 22.2 Å². The lowest BCUT2D eigenvalue weighted by molar-refractivity contribution is 0.101. The lowest BCUT2D eigenvalue weighted by Gasteiger charge is -2.23. The molecule has 1 heterocycles. The van der Waals surface area contributed by atoms with Crippen molar-refractivity contribution >= 4 is 10.9 Å². The van der Waals surface area contributed by atoms with Gasteiger partial charge in [-0.1, -0.05) is 13.8 Å². The summed E-state index contributed by atoms with van der Waals surface area (Å²) in [4.78, 5) is 19.7. The summed E-state index contributed by atoms with van der Waals surface area (Å²) in [7, 11) is 4.49. The third-order valence-corrected chi connectivity index (χ3v) is 4.70. The molecule has 8 nitrogen and oxygen atoms in total. The highest BCUT2D eigenvalue weighted by Gasteiger charge is 2.21. The first kappa shape index (κ1) is 21.0. The highest BCUT2D eigenvalue weighted by atomic mass is 16.5. The summed E-state index contributed by atoms with van der Waals surface area (Å²) in [6.07, 6.45) is -0.678. The van der Waals surface area contributed by atoms with Crippen molar-refractivity contribution in [2.45, 2.75) is 33.4 Å². The van der Waals surface area contributed by atoms with E-state index in [4.69, 9.17) is 14.2 Å². The minimum atomic E-state index is -0.678. The van der Waals surface area contributed by atoms with Crippen LogP contribution < -0.4 is 19.8 Å². The van der Waals surface area contributed by atoms with Gasteiger partial charge in [0.1, 0.15) is 11.3 Å². The summed E-state index contributed by atoms with van der Waals surface area (Å²) in [5.41, 5.74) is 0.155. The summed E-state index contributed by atoms with van der Waals surface area (Å²) in [5, 5.41) is 10.8. The Morgan fingerprint density at radius 2 is 1.78 bits per heavy atom. The van der Waals surface area contributed by atoms with Gasteiger partial charge in [-0.15, -0.1) is 0 Å². The molecule has 150 valence electrons. The fourth-order valence-corrected chi connectivity index (χ4v) is 3.19. The highest BCUT2D eigenvalue weighted by Crippen LogP contribution is 2.41. The number of hydrogen-bond acceptors (Lipinski definition) is 7. The van der Waals surface area contributed by atoms with E-state index >= 15 is 0 Å². The van der Waals surface area contributed by atoms with Crippen LogP contribution in [0.2, 0.25) is 0 Å². The van der Waals surface area contributed by atoms with Gasteiger partial charge in [0.05, 0.1) is 39.4 Å². The van der Waals surface area contributed by atoms with E-state index < -0.39 is 6.10 Å². The van der Waals surface area contributed by atoms with Gasteiger partial charge in [0.2, 0.25) is 5.75 Å². The van der Waals surface area contributed by atoms with Crippen molar-refractivity contribution in [2.24, 2.45) is 0 Å². The second-order valence-electron chi connectivity index (χ2n) is 6.26. The normalized spacial score (nSPS) is 12.4. The van der Waals surface area contributed by atoms with Crippen molar-refractivity contribution in [2.75, 3.05) is 41.0 Å². The van der Waals surface area contributed by atoms with Crippen LogP contribution in [0.15, 0.2) is 10.9 Å². The Morgan fingerprint density at radius 3 is 2.30 bits per heavy atom. The lowest BCUT2D eigenvalue weighted by Crippen LogP contribution is -2.37. The summed E-state index contributed by atoms with van der Waals surface area (Å²) in [6.45, 7) is 8.15. The van der Waals surface area contributed by atoms with Gasteiger partial charge in [-0.3, -0.25) is 9.36 Å². The zero-order valence-corrected chi connectivity index (χ0v) is 16.9. The van der Waals surface area contributed by atoms with E-state index in [1.165, 1.54) is 25.9 Å². The van der Waals surface area contributed by atoms with Crippen LogP contribution in [0, 0.1) is 6.92 Å². The highest BCUT2D eigenvalue weighted by molar-refractivity contribution is 5.89. The van der Waals surface area contributed by atoms with Crippen LogP contribution in [-0.2, 0) is 6.54 Å². The number of methoxy groups -OCH3 is 3. The zero-order valence-electron chi connectivity index (χ0n) is 16.9. The fraction of sp³-hybridized carbons (Fsp3) is 0.579. The first-order valence-electron chi connectivity index (χ1n) is 9.02. The van der Waals surface area contributed by atoms with E-state index in [0.29, 0.717) is 40.5 Å². The number of nitrogens with zero attached hydrogens (tertiary/aromatic N) is 3. The molecule has 0 saturated carbocycles. The van der Waals surface area contributed by atoms with Crippen molar-refractivity contribution in [1.29, 1.82) is 0 Å². The molecular formula is C19H29N3O5. The summed E-state index contributed by atoms with van der Waals surface area (Å²) in [6, 6.07) is 1.60. The Bertz CT molecular complexity index is 846. The molecule has 0 aliphatic rings. The Kier molecular flexibility index (Phi) is 7.04. The smallest absolute Gasteiger partial charge is 0.261 e. The topological polar surface area (TPSA) is 86.1 Å². The molecule has 1 N–H and O–H groups in total. The number of rotatable bonds is 9. The Labute approximate surface area is 159 Å². The Morgan fingerprint density at radius 1 is 1.15 bits per heavy atom. The molecule has 1 atom stereocenters. The molecular weight excluding hydrogens is 350 g/mol. The molecule has 0 aliphatic heterocycles. The van der Waals surface area contributed by atoms with Crippen molar-refractivity contribution in [1.82, 2.24) is 14.5 Å². The van der Waals surface area contributed by atoms with E-state index in [2.05, 4.69) is 9.88 Å². The number of likely N-dealkylation sites (N-methyl/N-ethyl adjacent to an activating group) is 1. The van der Waals surface area contributed by atoms with Crippen molar-refractivity contribution in [3.63, 3.8) is 0 Å². The first-order chi connectivity index (χ1) is 12.9. The maximum absolute atomic E-state index is 13.1. The lowest BCUT2D eigenvalue weighted by atomic mass is 10.2. The van der Waals surface area contributed by atoms with Crippen LogP contribution in [0.25, 0.3) is 10.9 Å². The summed E-state index contributed by atoms with van der Waals surface area (Å²) in [5.74, 6) is 1.62. The first-order valence-corrected chi connectivity index (χ1v) is 9.02. The van der Waals surface area contributed by atoms with Gasteiger partial charge in [0.15, 0.2) is 11.5 Å². The predicted molar refractivity (Wildman–Crippen MR) is 104 cm³/mol. The van der Waals surface area contributed by atoms with Crippen molar-refractivity contribution < 1.29 is 19.3 Å². The summed E-state index contributed by atoms with van der Waals surface area (Å²) >= 11 is 0. The van der Waals surface area contributed by atoms with Crippen LogP contribution in [-0.4, -0.2) is 66.6 Å². The van der Waals surface area contributed by atoms with Gasteiger partial charge in [-0.05, 0) is 26.1 Å². The molecule has 0 amide bonds. The van der Waals surface area contributed by atoms with Gasteiger partial charge in [-0.25, -0.2) is 4.98 Å². The number of benzene rings is 1. The number of aryl methyl sites for hydroxylation is 1. The van der Waals surface area contributed by atoms with Gasteiger partial charge in [0.25, 0.3) is 5.56 Å². The average Bonchev–Trinajstić information content (AvgIpc) is 2.67. The van der Waals surface area contributed by atoms with Gasteiger partial charge in [0, 0.05) is 6.54 Å². The minimum Gasteiger partial charge on any atom is -0.493 e. The molecule has 1 aromatic heterocycles. The van der Waals surface area contributed by atoms with E-state index in [1.807, 2.05) is 13.8 Å². The third-order valence-electron chi connectivity index (χ3n) is 4.70. The molecule has 0 saturated heterocycles. The average molecular weight is 379 g/mol. The molecule has 2 rings (SSSR count). The second kappa shape index (κ2) is 9.05. The van der Waals surface area contributed by atoms with Gasteiger partial charge < -0.3 is 24.2 Å². The van der Waals surface area contributed by atoms with Crippen LogP contribution in [0.1, 0.15) is 19.7 Å². The van der Waals surface area contributed by atoms with E-state index in [-0.39, 0.29) is 12.1 Å². The van der Waals surface area contributed by atoms with Gasteiger partial charge in [-0.2, -0.15) is 0 Å².